The Kier molecular flexibility index (Phi) is 7.23. The Morgan fingerprint density at radius 3 is 2.36 bits per heavy atom. The van der Waals surface area contributed by atoms with E-state index in [1.807, 2.05) is 43.3 Å². The molecule has 0 spiro atoms. The molecule has 28 heavy (non-hydrogen) atoms. The van der Waals surface area contributed by atoms with Gasteiger partial charge in [0.25, 0.3) is 0 Å². The van der Waals surface area contributed by atoms with Crippen molar-refractivity contribution in [1.29, 1.82) is 0 Å². The van der Waals surface area contributed by atoms with Gasteiger partial charge in [-0.1, -0.05) is 24.3 Å². The van der Waals surface area contributed by atoms with E-state index in [-0.39, 0.29) is 5.91 Å². The van der Waals surface area contributed by atoms with Crippen molar-refractivity contribution in [2.75, 3.05) is 45.2 Å². The summed E-state index contributed by atoms with van der Waals surface area (Å²) in [7, 11) is 2.17. The maximum atomic E-state index is 12.2. The lowest BCUT2D eigenvalue weighted by atomic mass is 10.1. The molecule has 1 aliphatic heterocycles. The van der Waals surface area contributed by atoms with E-state index in [1.165, 1.54) is 5.56 Å². The van der Waals surface area contributed by atoms with Gasteiger partial charge < -0.3 is 15.0 Å². The molecule has 0 aliphatic carbocycles. The van der Waals surface area contributed by atoms with E-state index < -0.39 is 0 Å². The Balaban J connectivity index is 1.48. The molecule has 0 unspecified atom stereocenters. The normalized spacial score (nSPS) is 15.6. The lowest BCUT2D eigenvalue weighted by molar-refractivity contribution is -0.111. The molecule has 0 bridgehead atoms. The number of benzene rings is 2. The fraction of sp³-hybridized carbons (Fsp3) is 0.348. The van der Waals surface area contributed by atoms with E-state index >= 15 is 0 Å². The highest BCUT2D eigenvalue weighted by atomic mass is 16.5. The second-order valence-electron chi connectivity index (χ2n) is 7.10. The number of hydrogen-bond acceptors (Lipinski definition) is 4. The molecule has 1 fully saturated rings. The summed E-state index contributed by atoms with van der Waals surface area (Å²) < 4.78 is 5.42. The van der Waals surface area contributed by atoms with E-state index in [0.29, 0.717) is 6.61 Å². The van der Waals surface area contributed by atoms with Crippen LogP contribution in [0.3, 0.4) is 0 Å². The van der Waals surface area contributed by atoms with Crippen molar-refractivity contribution < 1.29 is 9.53 Å². The average Bonchev–Trinajstić information content (AvgIpc) is 2.71. The van der Waals surface area contributed by atoms with Crippen molar-refractivity contribution in [3.05, 3.63) is 65.7 Å². The monoisotopic (exact) mass is 379 g/mol. The smallest absolute Gasteiger partial charge is 0.248 e. The molecule has 5 heteroatoms. The van der Waals surface area contributed by atoms with Gasteiger partial charge in [-0.05, 0) is 55.4 Å². The van der Waals surface area contributed by atoms with Crippen LogP contribution < -0.4 is 10.1 Å². The molecule has 5 nitrogen and oxygen atoms in total. The van der Waals surface area contributed by atoms with Crippen molar-refractivity contribution in [1.82, 2.24) is 9.80 Å². The molecule has 1 aliphatic rings. The highest BCUT2D eigenvalue weighted by Crippen LogP contribution is 2.15. The molecule has 2 aromatic rings. The van der Waals surface area contributed by atoms with E-state index in [0.717, 1.165) is 49.7 Å². The molecule has 3 rings (SSSR count). The first-order valence-electron chi connectivity index (χ1n) is 9.84. The number of hydrogen-bond donors (Lipinski definition) is 1. The van der Waals surface area contributed by atoms with Gasteiger partial charge in [0.15, 0.2) is 0 Å². The Hall–Kier alpha value is -2.63. The molecular weight excluding hydrogens is 350 g/mol. The fourth-order valence-electron chi connectivity index (χ4n) is 3.16. The van der Waals surface area contributed by atoms with Gasteiger partial charge in [-0.15, -0.1) is 0 Å². The highest BCUT2D eigenvalue weighted by molar-refractivity contribution is 6.01. The zero-order valence-corrected chi connectivity index (χ0v) is 16.7. The van der Waals surface area contributed by atoms with Crippen LogP contribution in [-0.4, -0.2) is 55.5 Å². The SMILES string of the molecule is CCOc1ccc(/C=C/C(=O)Nc2ccc(CN3CCN(C)CC3)cc2)cc1. The van der Waals surface area contributed by atoms with Crippen LogP contribution in [0.25, 0.3) is 6.08 Å². The Morgan fingerprint density at radius 2 is 1.71 bits per heavy atom. The lowest BCUT2D eigenvalue weighted by Gasteiger charge is -2.32. The average molecular weight is 380 g/mol. The summed E-state index contributed by atoms with van der Waals surface area (Å²) in [4.78, 5) is 17.0. The van der Waals surface area contributed by atoms with Crippen LogP contribution in [0.1, 0.15) is 18.1 Å². The molecule has 1 heterocycles. The van der Waals surface area contributed by atoms with Crippen molar-refractivity contribution in [3.63, 3.8) is 0 Å². The van der Waals surface area contributed by atoms with Gasteiger partial charge in [0.2, 0.25) is 5.91 Å². The van der Waals surface area contributed by atoms with Gasteiger partial charge in [-0.2, -0.15) is 0 Å². The van der Waals surface area contributed by atoms with Crippen LogP contribution in [0.15, 0.2) is 54.6 Å². The predicted octanol–water partition coefficient (Wildman–Crippen LogP) is 3.48. The van der Waals surface area contributed by atoms with E-state index in [4.69, 9.17) is 4.74 Å². The number of piperazine rings is 1. The maximum absolute atomic E-state index is 12.2. The van der Waals surface area contributed by atoms with Crippen LogP contribution in [-0.2, 0) is 11.3 Å². The second-order valence-corrected chi connectivity index (χ2v) is 7.10. The van der Waals surface area contributed by atoms with Crippen LogP contribution in [0.4, 0.5) is 5.69 Å². The van der Waals surface area contributed by atoms with Gasteiger partial charge in [0, 0.05) is 44.5 Å². The number of nitrogens with zero attached hydrogens (tertiary/aromatic N) is 2. The largest absolute Gasteiger partial charge is 0.494 e. The number of amides is 1. The summed E-state index contributed by atoms with van der Waals surface area (Å²) in [5.74, 6) is 0.696. The number of ether oxygens (including phenoxy) is 1. The van der Waals surface area contributed by atoms with Crippen molar-refractivity contribution in [3.8, 4) is 5.75 Å². The molecule has 1 saturated heterocycles. The van der Waals surface area contributed by atoms with Gasteiger partial charge in [-0.3, -0.25) is 9.69 Å². The van der Waals surface area contributed by atoms with Crippen LogP contribution >= 0.6 is 0 Å². The van der Waals surface area contributed by atoms with Crippen molar-refractivity contribution in [2.45, 2.75) is 13.5 Å². The number of carbonyl (C=O) groups excluding carboxylic acids is 1. The minimum absolute atomic E-state index is 0.138. The Morgan fingerprint density at radius 1 is 1.04 bits per heavy atom. The van der Waals surface area contributed by atoms with Crippen LogP contribution in [0.2, 0.25) is 0 Å². The Bertz CT molecular complexity index is 776. The summed E-state index contributed by atoms with van der Waals surface area (Å²) in [5.41, 5.74) is 3.04. The zero-order valence-electron chi connectivity index (χ0n) is 16.7. The summed E-state index contributed by atoms with van der Waals surface area (Å²) in [6.07, 6.45) is 3.35. The Labute approximate surface area is 167 Å². The summed E-state index contributed by atoms with van der Waals surface area (Å²) in [5, 5.41) is 2.91. The minimum atomic E-state index is -0.138. The molecule has 1 amide bonds. The third kappa shape index (κ3) is 6.22. The quantitative estimate of drug-likeness (QED) is 0.748. The standard InChI is InChI=1S/C23H29N3O2/c1-3-28-22-11-6-19(7-12-22)8-13-23(27)24-21-9-4-20(5-10-21)18-26-16-14-25(2)15-17-26/h4-13H,3,14-18H2,1-2H3,(H,24,27)/b13-8+. The molecule has 2 aromatic carbocycles. The molecule has 0 saturated carbocycles. The highest BCUT2D eigenvalue weighted by Gasteiger charge is 2.13. The third-order valence-electron chi connectivity index (χ3n) is 4.84. The van der Waals surface area contributed by atoms with E-state index in [2.05, 4.69) is 34.3 Å². The zero-order chi connectivity index (χ0) is 19.8. The van der Waals surface area contributed by atoms with Gasteiger partial charge in [-0.25, -0.2) is 0 Å². The molecular formula is C23H29N3O2. The van der Waals surface area contributed by atoms with Crippen molar-refractivity contribution >= 4 is 17.7 Å². The number of likely N-dealkylation sites (N-methyl/N-ethyl adjacent to an activating group) is 1. The molecule has 148 valence electrons. The summed E-state index contributed by atoms with van der Waals surface area (Å²) in [6, 6.07) is 15.8. The predicted molar refractivity (Wildman–Crippen MR) is 114 cm³/mol. The lowest BCUT2D eigenvalue weighted by Crippen LogP contribution is -2.43. The fourth-order valence-corrected chi connectivity index (χ4v) is 3.16. The number of rotatable bonds is 7. The number of carbonyl (C=O) groups is 1. The molecule has 0 radical (unpaired) electrons. The first-order valence-corrected chi connectivity index (χ1v) is 9.84. The van der Waals surface area contributed by atoms with Crippen LogP contribution in [0, 0.1) is 0 Å². The maximum Gasteiger partial charge on any atom is 0.248 e. The van der Waals surface area contributed by atoms with Crippen molar-refractivity contribution in [2.24, 2.45) is 0 Å². The summed E-state index contributed by atoms with van der Waals surface area (Å²) >= 11 is 0. The van der Waals surface area contributed by atoms with Gasteiger partial charge >= 0.3 is 0 Å². The second kappa shape index (κ2) is 10.1. The first kappa shape index (κ1) is 20.1. The van der Waals surface area contributed by atoms with E-state index in [1.54, 1.807) is 12.2 Å². The summed E-state index contributed by atoms with van der Waals surface area (Å²) in [6.45, 7) is 8.00. The topological polar surface area (TPSA) is 44.8 Å². The van der Waals surface area contributed by atoms with Gasteiger partial charge in [0.05, 0.1) is 6.61 Å². The molecule has 0 atom stereocenters. The molecule has 1 N–H and O–H groups in total. The molecule has 0 aromatic heterocycles. The van der Waals surface area contributed by atoms with Crippen LogP contribution in [0.5, 0.6) is 5.75 Å². The number of anilines is 1. The third-order valence-corrected chi connectivity index (χ3v) is 4.84. The first-order chi connectivity index (χ1) is 13.6. The minimum Gasteiger partial charge on any atom is -0.494 e. The van der Waals surface area contributed by atoms with Gasteiger partial charge in [0.1, 0.15) is 5.75 Å². The van der Waals surface area contributed by atoms with E-state index in [9.17, 15) is 4.79 Å². The number of nitrogens with one attached hydrogen (secondary N) is 1.